The molecular weight excluding hydrogens is 384 g/mol. The normalized spacial score (nSPS) is 23.0. The highest BCUT2D eigenvalue weighted by atomic mass is 79.9. The maximum atomic E-state index is 12.7. The zero-order valence-electron chi connectivity index (χ0n) is 10.8. The van der Waals surface area contributed by atoms with Gasteiger partial charge in [0.2, 0.25) is 10.0 Å². The highest BCUT2D eigenvalue weighted by Crippen LogP contribution is 2.27. The molecule has 2 aliphatic rings. The first-order chi connectivity index (χ1) is 9.89. The van der Waals surface area contributed by atoms with Gasteiger partial charge >= 0.3 is 6.03 Å². The monoisotopic (exact) mass is 394 g/mol. The summed E-state index contributed by atoms with van der Waals surface area (Å²) in [6.45, 7) is 1.32. The Kier molecular flexibility index (Phi) is 3.85. The van der Waals surface area contributed by atoms with Crippen LogP contribution >= 0.6 is 27.5 Å². The fourth-order valence-electron chi connectivity index (χ4n) is 2.52. The lowest BCUT2D eigenvalue weighted by Crippen LogP contribution is -2.53. The summed E-state index contributed by atoms with van der Waals surface area (Å²) in [5, 5.41) is 2.66. The Hall–Kier alpha value is -0.900. The maximum absolute atomic E-state index is 12.7. The molecule has 3 heterocycles. The molecule has 2 amide bonds. The van der Waals surface area contributed by atoms with Gasteiger partial charge in [-0.05, 0) is 22.0 Å². The van der Waals surface area contributed by atoms with Crippen molar-refractivity contribution >= 4 is 43.6 Å². The van der Waals surface area contributed by atoms with Gasteiger partial charge in [-0.25, -0.2) is 18.2 Å². The fourth-order valence-corrected chi connectivity index (χ4v) is 4.91. The second kappa shape index (κ2) is 5.38. The van der Waals surface area contributed by atoms with Crippen LogP contribution in [0.5, 0.6) is 0 Å². The highest BCUT2D eigenvalue weighted by Gasteiger charge is 2.40. The molecule has 1 unspecified atom stereocenters. The van der Waals surface area contributed by atoms with Gasteiger partial charge in [0.15, 0.2) is 0 Å². The number of aromatic nitrogens is 1. The zero-order chi connectivity index (χ0) is 15.2. The quantitative estimate of drug-likeness (QED) is 0.754. The summed E-state index contributed by atoms with van der Waals surface area (Å²) >= 11 is 9.12. The molecule has 1 aromatic heterocycles. The van der Waals surface area contributed by atoms with Crippen LogP contribution in [0.2, 0.25) is 5.15 Å². The molecule has 1 atom stereocenters. The Bertz CT molecular complexity index is 699. The van der Waals surface area contributed by atoms with E-state index < -0.39 is 10.0 Å². The zero-order valence-corrected chi connectivity index (χ0v) is 13.9. The predicted molar refractivity (Wildman–Crippen MR) is 79.6 cm³/mol. The van der Waals surface area contributed by atoms with Crippen molar-refractivity contribution in [3.05, 3.63) is 21.9 Å². The molecule has 10 heteroatoms. The maximum Gasteiger partial charge on any atom is 0.317 e. The van der Waals surface area contributed by atoms with Crippen molar-refractivity contribution in [1.29, 1.82) is 0 Å². The van der Waals surface area contributed by atoms with E-state index in [2.05, 4.69) is 26.2 Å². The van der Waals surface area contributed by atoms with E-state index in [-0.39, 0.29) is 35.2 Å². The van der Waals surface area contributed by atoms with Crippen molar-refractivity contribution in [3.63, 3.8) is 0 Å². The lowest BCUT2D eigenvalue weighted by atomic mass is 10.2. The van der Waals surface area contributed by atoms with Gasteiger partial charge in [0.05, 0.1) is 6.04 Å². The molecule has 2 saturated heterocycles. The lowest BCUT2D eigenvalue weighted by molar-refractivity contribution is 0.164. The van der Waals surface area contributed by atoms with Crippen LogP contribution in [0.3, 0.4) is 0 Å². The number of rotatable bonds is 2. The topological polar surface area (TPSA) is 82.6 Å². The number of urea groups is 1. The van der Waals surface area contributed by atoms with Crippen molar-refractivity contribution in [3.8, 4) is 0 Å². The van der Waals surface area contributed by atoms with Crippen LogP contribution in [0.4, 0.5) is 4.79 Å². The standard InChI is InChI=1S/C11H12BrClN4O3S/c12-7-3-9(10(13)14-4-7)21(19,20)16-1-2-17-8(6-16)5-15-11(17)18/h3-4,8H,1-2,5-6H2,(H,15,18). The van der Waals surface area contributed by atoms with Crippen LogP contribution in [0.15, 0.2) is 21.6 Å². The number of hydrogen-bond acceptors (Lipinski definition) is 4. The predicted octanol–water partition coefficient (Wildman–Crippen LogP) is 0.896. The molecule has 2 aliphatic heterocycles. The van der Waals surface area contributed by atoms with Crippen LogP contribution in [0, 0.1) is 0 Å². The smallest absolute Gasteiger partial charge is 0.317 e. The third kappa shape index (κ3) is 2.63. The summed E-state index contributed by atoms with van der Waals surface area (Å²) in [5.74, 6) is 0. The first-order valence-corrected chi connectivity index (χ1v) is 8.86. The molecule has 0 saturated carbocycles. The Labute approximate surface area is 135 Å². The van der Waals surface area contributed by atoms with E-state index in [9.17, 15) is 13.2 Å². The van der Waals surface area contributed by atoms with Gasteiger partial charge in [-0.2, -0.15) is 4.31 Å². The SMILES string of the molecule is O=C1NCC2CN(S(=O)(=O)c3cc(Br)cnc3Cl)CCN12. The second-order valence-electron chi connectivity index (χ2n) is 4.84. The van der Waals surface area contributed by atoms with E-state index in [4.69, 9.17) is 11.6 Å². The lowest BCUT2D eigenvalue weighted by Gasteiger charge is -2.35. The van der Waals surface area contributed by atoms with Crippen LogP contribution in [0.25, 0.3) is 0 Å². The molecule has 0 spiro atoms. The van der Waals surface area contributed by atoms with Crippen molar-refractivity contribution < 1.29 is 13.2 Å². The van der Waals surface area contributed by atoms with Gasteiger partial charge in [-0.1, -0.05) is 11.6 Å². The third-order valence-electron chi connectivity index (χ3n) is 3.59. The molecule has 1 aromatic rings. The second-order valence-corrected chi connectivity index (χ2v) is 8.02. The number of piperazine rings is 1. The average Bonchev–Trinajstić information content (AvgIpc) is 2.82. The molecule has 1 N–H and O–H groups in total. The Balaban J connectivity index is 1.89. The summed E-state index contributed by atoms with van der Waals surface area (Å²) in [6.07, 6.45) is 1.44. The molecule has 3 rings (SSSR count). The molecule has 2 fully saturated rings. The first kappa shape index (κ1) is 15.0. The number of nitrogens with zero attached hydrogens (tertiary/aromatic N) is 3. The summed E-state index contributed by atoms with van der Waals surface area (Å²) in [7, 11) is -3.73. The molecule has 114 valence electrons. The summed E-state index contributed by atoms with van der Waals surface area (Å²) in [6, 6.07) is 1.16. The number of pyridine rings is 1. The number of carbonyl (C=O) groups is 1. The molecule has 7 nitrogen and oxygen atoms in total. The van der Waals surface area contributed by atoms with E-state index in [1.807, 2.05) is 0 Å². The van der Waals surface area contributed by atoms with Gasteiger partial charge < -0.3 is 10.2 Å². The van der Waals surface area contributed by atoms with Crippen molar-refractivity contribution in [2.24, 2.45) is 0 Å². The van der Waals surface area contributed by atoms with Crippen molar-refractivity contribution in [2.45, 2.75) is 10.9 Å². The third-order valence-corrected chi connectivity index (χ3v) is 6.31. The number of nitrogens with one attached hydrogen (secondary N) is 1. The van der Waals surface area contributed by atoms with Gasteiger partial charge in [0.25, 0.3) is 0 Å². The molecule has 0 radical (unpaired) electrons. The molecular formula is C11H12BrClN4O3S. The summed E-state index contributed by atoms with van der Waals surface area (Å²) in [4.78, 5) is 17.0. The number of fused-ring (bicyclic) bond motifs is 1. The minimum absolute atomic E-state index is 0.0238. The van der Waals surface area contributed by atoms with E-state index in [0.29, 0.717) is 17.6 Å². The minimum atomic E-state index is -3.73. The van der Waals surface area contributed by atoms with E-state index >= 15 is 0 Å². The van der Waals surface area contributed by atoms with Crippen molar-refractivity contribution in [1.82, 2.24) is 19.5 Å². The molecule has 0 aromatic carbocycles. The Morgan fingerprint density at radius 1 is 1.43 bits per heavy atom. The number of hydrogen-bond donors (Lipinski definition) is 1. The van der Waals surface area contributed by atoms with Gasteiger partial charge in [0, 0.05) is 36.8 Å². The fraction of sp³-hybridized carbons (Fsp3) is 0.455. The summed E-state index contributed by atoms with van der Waals surface area (Å²) in [5.41, 5.74) is 0. The van der Waals surface area contributed by atoms with Crippen LogP contribution < -0.4 is 5.32 Å². The Morgan fingerprint density at radius 3 is 2.95 bits per heavy atom. The first-order valence-electron chi connectivity index (χ1n) is 6.25. The average molecular weight is 396 g/mol. The number of amides is 2. The largest absolute Gasteiger partial charge is 0.336 e. The molecule has 0 bridgehead atoms. The minimum Gasteiger partial charge on any atom is -0.336 e. The molecule has 0 aliphatic carbocycles. The van der Waals surface area contributed by atoms with Crippen LogP contribution in [-0.2, 0) is 10.0 Å². The van der Waals surface area contributed by atoms with Gasteiger partial charge in [-0.15, -0.1) is 0 Å². The van der Waals surface area contributed by atoms with E-state index in [1.54, 1.807) is 4.90 Å². The molecule has 21 heavy (non-hydrogen) atoms. The number of sulfonamides is 1. The van der Waals surface area contributed by atoms with Gasteiger partial charge in [-0.3, -0.25) is 0 Å². The van der Waals surface area contributed by atoms with E-state index in [1.165, 1.54) is 16.6 Å². The van der Waals surface area contributed by atoms with Gasteiger partial charge in [0.1, 0.15) is 10.0 Å². The van der Waals surface area contributed by atoms with Crippen LogP contribution in [-0.4, -0.2) is 60.9 Å². The Morgan fingerprint density at radius 2 is 2.19 bits per heavy atom. The summed E-state index contributed by atoms with van der Waals surface area (Å²) < 4.78 is 27.3. The number of halogens is 2. The number of carbonyl (C=O) groups excluding carboxylic acids is 1. The van der Waals surface area contributed by atoms with Crippen molar-refractivity contribution in [2.75, 3.05) is 26.2 Å². The van der Waals surface area contributed by atoms with E-state index in [0.717, 1.165) is 0 Å². The van der Waals surface area contributed by atoms with Crippen LogP contribution in [0.1, 0.15) is 0 Å². The highest BCUT2D eigenvalue weighted by molar-refractivity contribution is 9.10.